The molecule has 0 spiro atoms. The van der Waals surface area contributed by atoms with Gasteiger partial charge in [0, 0.05) is 29.7 Å². The normalized spacial score (nSPS) is 10.9. The predicted octanol–water partition coefficient (Wildman–Crippen LogP) is -0.870. The molecule has 9 heteroatoms. The van der Waals surface area contributed by atoms with Crippen LogP contribution in [0.3, 0.4) is 0 Å². The van der Waals surface area contributed by atoms with Crippen LogP contribution in [0.5, 0.6) is 0 Å². The molecule has 2 amide bonds. The maximum absolute atomic E-state index is 11.9. The molecule has 112 valence electrons. The number of aromatic nitrogens is 2. The van der Waals surface area contributed by atoms with Crippen molar-refractivity contribution in [2.75, 3.05) is 0 Å². The van der Waals surface area contributed by atoms with Crippen LogP contribution in [-0.2, 0) is 0 Å². The Bertz CT molecular complexity index is 715. The van der Waals surface area contributed by atoms with Crippen LogP contribution in [0.1, 0.15) is 26.4 Å². The van der Waals surface area contributed by atoms with E-state index in [0.717, 1.165) is 0 Å². The lowest BCUT2D eigenvalue weighted by molar-refractivity contribution is 0.0950. The minimum absolute atomic E-state index is 0.00683. The van der Waals surface area contributed by atoms with E-state index in [1.807, 2.05) is 5.43 Å². The molecule has 0 aliphatic rings. The van der Waals surface area contributed by atoms with Gasteiger partial charge in [-0.15, -0.1) is 0 Å². The minimum atomic E-state index is -0.608. The summed E-state index contributed by atoms with van der Waals surface area (Å²) in [6.45, 7) is 0. The Balaban J connectivity index is 2.11. The molecule has 2 rings (SSSR count). The van der Waals surface area contributed by atoms with E-state index >= 15 is 0 Å². The van der Waals surface area contributed by atoms with Gasteiger partial charge in [0.15, 0.2) is 5.84 Å². The highest BCUT2D eigenvalue weighted by Gasteiger charge is 2.11. The van der Waals surface area contributed by atoms with Gasteiger partial charge in [-0.1, -0.05) is 0 Å². The minimum Gasteiger partial charge on any atom is -0.382 e. The average molecular weight is 299 g/mol. The lowest BCUT2D eigenvalue weighted by atomic mass is 10.2. The van der Waals surface area contributed by atoms with Crippen molar-refractivity contribution in [3.05, 3.63) is 59.7 Å². The number of carbonyl (C=O) groups excluding carboxylic acids is 2. The van der Waals surface area contributed by atoms with Gasteiger partial charge < -0.3 is 5.73 Å². The lowest BCUT2D eigenvalue weighted by Crippen LogP contribution is -2.30. The second-order valence-electron chi connectivity index (χ2n) is 4.08. The molecule has 6 N–H and O–H groups in total. The number of carbonyl (C=O) groups is 2. The third-order valence-electron chi connectivity index (χ3n) is 2.64. The Kier molecular flexibility index (Phi) is 4.73. The first-order valence-electron chi connectivity index (χ1n) is 6.12. The van der Waals surface area contributed by atoms with Gasteiger partial charge in [0.25, 0.3) is 11.8 Å². The van der Waals surface area contributed by atoms with Crippen molar-refractivity contribution in [2.45, 2.75) is 0 Å². The van der Waals surface area contributed by atoms with Crippen molar-refractivity contribution in [1.29, 1.82) is 0 Å². The van der Waals surface area contributed by atoms with Crippen LogP contribution in [0.4, 0.5) is 0 Å². The van der Waals surface area contributed by atoms with Crippen molar-refractivity contribution < 1.29 is 9.59 Å². The highest BCUT2D eigenvalue weighted by atomic mass is 16.2. The molecule has 0 fully saturated rings. The summed E-state index contributed by atoms with van der Waals surface area (Å²) in [5.41, 5.74) is 10.8. The number of nitrogens with two attached hydrogens (primary N) is 2. The van der Waals surface area contributed by atoms with E-state index < -0.39 is 11.8 Å². The molecule has 0 aliphatic heterocycles. The van der Waals surface area contributed by atoms with E-state index in [-0.39, 0.29) is 17.1 Å². The molecule has 9 nitrogen and oxygen atoms in total. The summed E-state index contributed by atoms with van der Waals surface area (Å²) >= 11 is 0. The van der Waals surface area contributed by atoms with Crippen LogP contribution in [0, 0.1) is 0 Å². The molecular weight excluding hydrogens is 286 g/mol. The molecule has 0 atom stereocenters. The molecule has 0 aromatic carbocycles. The zero-order chi connectivity index (χ0) is 15.9. The zero-order valence-electron chi connectivity index (χ0n) is 11.4. The van der Waals surface area contributed by atoms with Gasteiger partial charge >= 0.3 is 0 Å². The summed E-state index contributed by atoms with van der Waals surface area (Å²) in [5, 5.41) is 3.77. The van der Waals surface area contributed by atoms with Gasteiger partial charge in [0.05, 0.1) is 0 Å². The smallest absolute Gasteiger partial charge is 0.290 e. The van der Waals surface area contributed by atoms with Gasteiger partial charge in [-0.25, -0.2) is 11.3 Å². The predicted molar refractivity (Wildman–Crippen MR) is 78.3 cm³/mol. The Morgan fingerprint density at radius 2 is 1.73 bits per heavy atom. The van der Waals surface area contributed by atoms with Crippen molar-refractivity contribution >= 4 is 17.6 Å². The first-order valence-corrected chi connectivity index (χ1v) is 6.12. The number of nitrogens with zero attached hydrogens (tertiary/aromatic N) is 3. The van der Waals surface area contributed by atoms with Gasteiger partial charge in [-0.2, -0.15) is 5.10 Å². The molecule has 22 heavy (non-hydrogen) atoms. The highest BCUT2D eigenvalue weighted by molar-refractivity contribution is 6.00. The fourth-order valence-corrected chi connectivity index (χ4v) is 1.53. The third-order valence-corrected chi connectivity index (χ3v) is 2.64. The first kappa shape index (κ1) is 15.1. The van der Waals surface area contributed by atoms with Crippen molar-refractivity contribution in [2.24, 2.45) is 16.7 Å². The van der Waals surface area contributed by atoms with Gasteiger partial charge in [-0.3, -0.25) is 25.0 Å². The van der Waals surface area contributed by atoms with E-state index in [9.17, 15) is 9.59 Å². The summed E-state index contributed by atoms with van der Waals surface area (Å²) in [6, 6.07) is 6.01. The Labute approximate surface area is 125 Å². The average Bonchev–Trinajstić information content (AvgIpc) is 2.59. The number of hydrogen-bond acceptors (Lipinski definition) is 6. The topological polar surface area (TPSA) is 148 Å². The fraction of sp³-hybridized carbons (Fsp3) is 0. The standard InChI is InChI=1S/C13H13N7O2/c14-11(8-1-4-16-5-2-8)19-20-13(22)10-7-9(3-6-17-10)12(21)18-15/h1-7H,15H2,(H2,14,19)(H,18,21)(H,20,22). The fourth-order valence-electron chi connectivity index (χ4n) is 1.53. The van der Waals surface area contributed by atoms with Crippen LogP contribution >= 0.6 is 0 Å². The van der Waals surface area contributed by atoms with Gasteiger partial charge in [0.2, 0.25) is 0 Å². The Hall–Kier alpha value is -3.33. The number of rotatable bonds is 4. The van der Waals surface area contributed by atoms with E-state index in [4.69, 9.17) is 11.6 Å². The van der Waals surface area contributed by atoms with Crippen LogP contribution in [0.2, 0.25) is 0 Å². The van der Waals surface area contributed by atoms with E-state index in [0.29, 0.717) is 5.56 Å². The van der Waals surface area contributed by atoms with Gasteiger partial charge in [-0.05, 0) is 24.3 Å². The second kappa shape index (κ2) is 6.90. The molecular formula is C13H13N7O2. The van der Waals surface area contributed by atoms with Crippen LogP contribution in [0.15, 0.2) is 48.0 Å². The number of nitrogens with one attached hydrogen (secondary N) is 2. The van der Waals surface area contributed by atoms with E-state index in [1.165, 1.54) is 18.3 Å². The summed E-state index contributed by atoms with van der Waals surface area (Å²) < 4.78 is 0. The highest BCUT2D eigenvalue weighted by Crippen LogP contribution is 2.02. The molecule has 2 aromatic rings. The number of hydrazine groups is 1. The summed E-state index contributed by atoms with van der Waals surface area (Å²) in [6.07, 6.45) is 4.42. The quantitative estimate of drug-likeness (QED) is 0.189. The van der Waals surface area contributed by atoms with Crippen molar-refractivity contribution in [3.8, 4) is 0 Å². The molecule has 0 saturated carbocycles. The SMILES string of the molecule is NNC(=O)c1ccnc(C(=O)NN=C(N)c2ccncc2)c1. The number of pyridine rings is 2. The summed E-state index contributed by atoms with van der Waals surface area (Å²) in [5.74, 6) is 4.01. The van der Waals surface area contributed by atoms with Crippen LogP contribution in [-0.4, -0.2) is 27.6 Å². The van der Waals surface area contributed by atoms with Gasteiger partial charge in [0.1, 0.15) is 5.69 Å². The molecule has 0 saturated heterocycles. The van der Waals surface area contributed by atoms with Crippen molar-refractivity contribution in [3.63, 3.8) is 0 Å². The van der Waals surface area contributed by atoms with Crippen molar-refractivity contribution in [1.82, 2.24) is 20.8 Å². The number of nitrogen functional groups attached to an aromatic ring is 1. The number of amidine groups is 1. The number of hydrogen-bond donors (Lipinski definition) is 4. The van der Waals surface area contributed by atoms with Crippen LogP contribution in [0.25, 0.3) is 0 Å². The molecule has 0 radical (unpaired) electrons. The first-order chi connectivity index (χ1) is 10.6. The maximum Gasteiger partial charge on any atom is 0.290 e. The maximum atomic E-state index is 11.9. The molecule has 0 aliphatic carbocycles. The van der Waals surface area contributed by atoms with E-state index in [2.05, 4.69) is 20.5 Å². The van der Waals surface area contributed by atoms with E-state index in [1.54, 1.807) is 24.5 Å². The lowest BCUT2D eigenvalue weighted by Gasteiger charge is -2.04. The Morgan fingerprint density at radius 3 is 2.41 bits per heavy atom. The number of amides is 2. The summed E-state index contributed by atoms with van der Waals surface area (Å²) in [7, 11) is 0. The zero-order valence-corrected chi connectivity index (χ0v) is 11.4. The molecule has 0 bridgehead atoms. The summed E-state index contributed by atoms with van der Waals surface area (Å²) in [4.78, 5) is 31.0. The monoisotopic (exact) mass is 299 g/mol. The second-order valence-corrected chi connectivity index (χ2v) is 4.08. The number of hydrazone groups is 1. The third kappa shape index (κ3) is 3.61. The van der Waals surface area contributed by atoms with Crippen LogP contribution < -0.4 is 22.4 Å². The Morgan fingerprint density at radius 1 is 1.05 bits per heavy atom. The molecule has 0 unspecified atom stereocenters. The largest absolute Gasteiger partial charge is 0.382 e. The molecule has 2 heterocycles. The molecule has 2 aromatic heterocycles.